The molecular weight excluding hydrogens is 347 g/mol. The van der Waals surface area contributed by atoms with Gasteiger partial charge in [0.15, 0.2) is 0 Å². The predicted octanol–water partition coefficient (Wildman–Crippen LogP) is 4.96. The van der Waals surface area contributed by atoms with Crippen LogP contribution in [0.1, 0.15) is 33.6 Å². The highest BCUT2D eigenvalue weighted by Gasteiger charge is 2.42. The summed E-state index contributed by atoms with van der Waals surface area (Å²) in [5, 5.41) is 12.1. The van der Waals surface area contributed by atoms with Gasteiger partial charge in [0, 0.05) is 48.1 Å². The average molecular weight is 372 g/mol. The Morgan fingerprint density at radius 1 is 1.08 bits per heavy atom. The zero-order valence-corrected chi connectivity index (χ0v) is 16.4. The van der Waals surface area contributed by atoms with Gasteiger partial charge in [0.2, 0.25) is 0 Å². The standard InChI is InChI=1S/C19H25N4O2P/c1-19(2,3)26(22-14-4-5-15-22,18-10-12-20-13-11-18)21-16-6-8-17(9-7-16)23(24)25/h6-13H,4-5,14-15H2,1-3H3/t26-/m1/s1. The van der Waals surface area contributed by atoms with Gasteiger partial charge in [-0.15, -0.1) is 0 Å². The molecule has 1 aliphatic heterocycles. The van der Waals surface area contributed by atoms with Crippen LogP contribution >= 0.6 is 7.21 Å². The number of nitro benzene ring substituents is 1. The molecule has 2 aromatic rings. The van der Waals surface area contributed by atoms with Crippen LogP contribution in [-0.4, -0.2) is 32.8 Å². The molecule has 1 aromatic carbocycles. The Bertz CT molecular complexity index is 823. The largest absolute Gasteiger partial charge is 0.269 e. The molecule has 6 nitrogen and oxygen atoms in total. The lowest BCUT2D eigenvalue weighted by Gasteiger charge is -2.43. The van der Waals surface area contributed by atoms with Gasteiger partial charge < -0.3 is 0 Å². The minimum Gasteiger partial charge on any atom is -0.265 e. The van der Waals surface area contributed by atoms with Crippen LogP contribution < -0.4 is 5.30 Å². The topological polar surface area (TPSA) is 71.6 Å². The van der Waals surface area contributed by atoms with E-state index in [4.69, 9.17) is 4.74 Å². The maximum atomic E-state index is 11.0. The third kappa shape index (κ3) is 3.44. The summed E-state index contributed by atoms with van der Waals surface area (Å²) in [5.74, 6) is 0. The first-order valence-electron chi connectivity index (χ1n) is 8.87. The number of nitro groups is 1. The van der Waals surface area contributed by atoms with Gasteiger partial charge >= 0.3 is 0 Å². The van der Waals surface area contributed by atoms with E-state index in [-0.39, 0.29) is 15.8 Å². The zero-order valence-electron chi connectivity index (χ0n) is 15.5. The number of rotatable bonds is 4. The lowest BCUT2D eigenvalue weighted by molar-refractivity contribution is -0.384. The maximum Gasteiger partial charge on any atom is 0.269 e. The Morgan fingerprint density at radius 2 is 1.65 bits per heavy atom. The first kappa shape index (κ1) is 18.7. The first-order chi connectivity index (χ1) is 12.3. The molecule has 0 unspecified atom stereocenters. The second-order valence-corrected chi connectivity index (χ2v) is 11.3. The van der Waals surface area contributed by atoms with E-state index in [2.05, 4.69) is 42.6 Å². The fraction of sp³-hybridized carbons (Fsp3) is 0.421. The summed E-state index contributed by atoms with van der Waals surface area (Å²) in [6.45, 7) is 8.80. The van der Waals surface area contributed by atoms with E-state index in [1.54, 1.807) is 12.1 Å². The van der Waals surface area contributed by atoms with Crippen LogP contribution in [0.4, 0.5) is 11.4 Å². The Morgan fingerprint density at radius 3 is 2.15 bits per heavy atom. The molecule has 0 saturated carbocycles. The van der Waals surface area contributed by atoms with Crippen molar-refractivity contribution in [2.45, 2.75) is 38.8 Å². The Balaban J connectivity index is 2.23. The molecule has 0 N–H and O–H groups in total. The van der Waals surface area contributed by atoms with E-state index in [0.717, 1.165) is 18.8 Å². The van der Waals surface area contributed by atoms with Gasteiger partial charge in [0.05, 0.1) is 17.8 Å². The molecule has 3 rings (SSSR count). The van der Waals surface area contributed by atoms with E-state index < -0.39 is 7.21 Å². The highest BCUT2D eigenvalue weighted by Crippen LogP contribution is 2.64. The fourth-order valence-corrected chi connectivity index (χ4v) is 7.97. The van der Waals surface area contributed by atoms with Crippen LogP contribution in [0.2, 0.25) is 0 Å². The van der Waals surface area contributed by atoms with Crippen molar-refractivity contribution in [2.75, 3.05) is 13.1 Å². The lowest BCUT2D eigenvalue weighted by Crippen LogP contribution is -2.35. The number of hydrogen-bond acceptors (Lipinski definition) is 4. The van der Waals surface area contributed by atoms with Crippen molar-refractivity contribution in [1.82, 2.24) is 9.65 Å². The van der Waals surface area contributed by atoms with Gasteiger partial charge in [-0.25, -0.2) is 4.74 Å². The van der Waals surface area contributed by atoms with Gasteiger partial charge in [0.25, 0.3) is 5.69 Å². The van der Waals surface area contributed by atoms with Crippen molar-refractivity contribution in [3.05, 3.63) is 58.9 Å². The highest BCUT2D eigenvalue weighted by molar-refractivity contribution is 7.73. The molecule has 7 heteroatoms. The average Bonchev–Trinajstić information content (AvgIpc) is 3.14. The summed E-state index contributed by atoms with van der Waals surface area (Å²) >= 11 is 0. The van der Waals surface area contributed by atoms with E-state index in [1.165, 1.54) is 30.3 Å². The summed E-state index contributed by atoms with van der Waals surface area (Å²) in [5.41, 5.74) is 0.885. The number of non-ortho nitro benzene ring substituents is 1. The second-order valence-electron chi connectivity index (χ2n) is 7.51. The zero-order chi connectivity index (χ0) is 18.8. The number of pyridine rings is 1. The summed E-state index contributed by atoms with van der Waals surface area (Å²) in [7, 11) is -2.09. The molecule has 0 radical (unpaired) electrons. The molecule has 1 atom stereocenters. The highest BCUT2D eigenvalue weighted by atomic mass is 31.2. The molecule has 1 aliphatic rings. The maximum absolute atomic E-state index is 11.0. The van der Waals surface area contributed by atoms with Gasteiger partial charge in [-0.1, -0.05) is 20.8 Å². The molecule has 0 bridgehead atoms. The first-order valence-corrected chi connectivity index (χ1v) is 10.6. The molecule has 1 fully saturated rings. The van der Waals surface area contributed by atoms with Crippen molar-refractivity contribution in [3.8, 4) is 0 Å². The van der Waals surface area contributed by atoms with E-state index in [9.17, 15) is 10.1 Å². The van der Waals surface area contributed by atoms with E-state index in [0.29, 0.717) is 0 Å². The van der Waals surface area contributed by atoms with Crippen LogP contribution in [0.3, 0.4) is 0 Å². The van der Waals surface area contributed by atoms with Gasteiger partial charge in [0.1, 0.15) is 0 Å². The van der Waals surface area contributed by atoms with Crippen LogP contribution in [0.5, 0.6) is 0 Å². The Labute approximate surface area is 154 Å². The molecule has 0 spiro atoms. The third-order valence-corrected chi connectivity index (χ3v) is 9.40. The predicted molar refractivity (Wildman–Crippen MR) is 107 cm³/mol. The molecular formula is C19H25N4O2P. The van der Waals surface area contributed by atoms with Crippen molar-refractivity contribution >= 4 is 23.9 Å². The summed E-state index contributed by atoms with van der Waals surface area (Å²) < 4.78 is 7.85. The van der Waals surface area contributed by atoms with Crippen LogP contribution in [0.25, 0.3) is 0 Å². The van der Waals surface area contributed by atoms with Crippen molar-refractivity contribution in [2.24, 2.45) is 4.74 Å². The van der Waals surface area contributed by atoms with Crippen LogP contribution in [0, 0.1) is 10.1 Å². The van der Waals surface area contributed by atoms with Crippen LogP contribution in [0.15, 0.2) is 53.5 Å². The Kier molecular flexibility index (Phi) is 5.26. The van der Waals surface area contributed by atoms with Gasteiger partial charge in [-0.05, 0) is 37.1 Å². The van der Waals surface area contributed by atoms with Crippen molar-refractivity contribution in [1.29, 1.82) is 0 Å². The summed E-state index contributed by atoms with van der Waals surface area (Å²) in [6.07, 6.45) is 6.02. The lowest BCUT2D eigenvalue weighted by atomic mass is 10.3. The quantitative estimate of drug-likeness (QED) is 0.432. The summed E-state index contributed by atoms with van der Waals surface area (Å²) in [4.78, 5) is 14.8. The number of aromatic nitrogens is 1. The molecule has 26 heavy (non-hydrogen) atoms. The molecule has 138 valence electrons. The molecule has 1 saturated heterocycles. The molecule has 0 amide bonds. The molecule has 0 aliphatic carbocycles. The van der Waals surface area contributed by atoms with Crippen molar-refractivity contribution in [3.63, 3.8) is 0 Å². The van der Waals surface area contributed by atoms with Gasteiger partial charge in [-0.2, -0.15) is 0 Å². The number of nitrogens with zero attached hydrogens (tertiary/aromatic N) is 4. The second kappa shape index (κ2) is 7.29. The molecule has 2 heterocycles. The Hall–Kier alpha value is -2.04. The number of benzene rings is 1. The monoisotopic (exact) mass is 372 g/mol. The number of hydrogen-bond donors (Lipinski definition) is 0. The van der Waals surface area contributed by atoms with E-state index in [1.807, 2.05) is 12.4 Å². The third-order valence-electron chi connectivity index (χ3n) is 4.77. The molecule has 1 aromatic heterocycles. The summed E-state index contributed by atoms with van der Waals surface area (Å²) in [6, 6.07) is 10.7. The van der Waals surface area contributed by atoms with E-state index >= 15 is 0 Å². The normalized spacial score (nSPS) is 17.7. The SMILES string of the molecule is CC(C)(C)[P@@](=Nc1ccc([N+](=O)[O-])cc1)(c1ccncc1)N1CCCC1. The van der Waals surface area contributed by atoms with Gasteiger partial charge in [-0.3, -0.25) is 19.8 Å². The smallest absolute Gasteiger partial charge is 0.265 e. The fourth-order valence-electron chi connectivity index (χ4n) is 3.60. The van der Waals surface area contributed by atoms with Crippen molar-refractivity contribution < 1.29 is 4.92 Å². The minimum absolute atomic E-state index is 0.0690. The van der Waals surface area contributed by atoms with Crippen LogP contribution in [-0.2, 0) is 0 Å². The minimum atomic E-state index is -2.09.